The smallest absolute Gasteiger partial charge is 0.331 e. The number of aryl methyl sites for hydroxylation is 1. The first kappa shape index (κ1) is 18.8. The van der Waals surface area contributed by atoms with Gasteiger partial charge in [-0.25, -0.2) is 9.18 Å². The molecule has 0 unspecified atom stereocenters. The number of amides is 1. The molecule has 2 rings (SSSR count). The minimum Gasteiger partial charge on any atom is -0.452 e. The van der Waals surface area contributed by atoms with Crippen LogP contribution in [0.1, 0.15) is 11.1 Å². The molecule has 0 fully saturated rings. The Hall–Kier alpha value is -3.55. The lowest BCUT2D eigenvalue weighted by molar-refractivity contribution is -0.384. The first-order chi connectivity index (χ1) is 12.4. The van der Waals surface area contributed by atoms with Gasteiger partial charge < -0.3 is 10.1 Å². The van der Waals surface area contributed by atoms with Gasteiger partial charge in [-0.15, -0.1) is 0 Å². The first-order valence-corrected chi connectivity index (χ1v) is 7.51. The maximum absolute atomic E-state index is 13.4. The molecule has 2 aromatic carbocycles. The summed E-state index contributed by atoms with van der Waals surface area (Å²) in [7, 11) is 0. The van der Waals surface area contributed by atoms with E-state index in [0.717, 1.165) is 6.08 Å². The Labute approximate surface area is 148 Å². The van der Waals surface area contributed by atoms with Crippen molar-refractivity contribution in [3.8, 4) is 0 Å². The number of para-hydroxylation sites is 1. The van der Waals surface area contributed by atoms with Crippen molar-refractivity contribution in [1.29, 1.82) is 0 Å². The van der Waals surface area contributed by atoms with Crippen LogP contribution in [0.4, 0.5) is 15.8 Å². The van der Waals surface area contributed by atoms with E-state index in [1.807, 2.05) is 0 Å². The van der Waals surface area contributed by atoms with Gasteiger partial charge in [0.05, 0.1) is 4.92 Å². The molecule has 134 valence electrons. The van der Waals surface area contributed by atoms with Crippen molar-refractivity contribution in [3.63, 3.8) is 0 Å². The third-order valence-corrected chi connectivity index (χ3v) is 3.36. The quantitative estimate of drug-likeness (QED) is 0.370. The molecule has 0 aliphatic carbocycles. The predicted molar refractivity (Wildman–Crippen MR) is 92.9 cm³/mol. The van der Waals surface area contributed by atoms with Gasteiger partial charge in [0.2, 0.25) is 0 Å². The van der Waals surface area contributed by atoms with E-state index in [4.69, 9.17) is 4.74 Å². The number of nitro benzene ring substituents is 1. The number of carbonyl (C=O) groups excluding carboxylic acids is 2. The molecule has 26 heavy (non-hydrogen) atoms. The fourth-order valence-corrected chi connectivity index (χ4v) is 2.10. The summed E-state index contributed by atoms with van der Waals surface area (Å²) in [6.45, 7) is 0.970. The Morgan fingerprint density at radius 1 is 1.23 bits per heavy atom. The molecule has 0 saturated carbocycles. The van der Waals surface area contributed by atoms with Crippen molar-refractivity contribution in [2.24, 2.45) is 0 Å². The molecule has 0 saturated heterocycles. The molecule has 0 atom stereocenters. The third kappa shape index (κ3) is 4.97. The summed E-state index contributed by atoms with van der Waals surface area (Å²) in [5, 5.41) is 13.4. The molecular weight excluding hydrogens is 343 g/mol. The average Bonchev–Trinajstić information content (AvgIpc) is 2.60. The van der Waals surface area contributed by atoms with Crippen LogP contribution in [-0.2, 0) is 14.3 Å². The van der Waals surface area contributed by atoms with E-state index in [-0.39, 0.29) is 16.9 Å². The largest absolute Gasteiger partial charge is 0.452 e. The highest BCUT2D eigenvalue weighted by molar-refractivity contribution is 5.96. The van der Waals surface area contributed by atoms with Crippen LogP contribution in [0.25, 0.3) is 6.08 Å². The molecule has 0 aliphatic heterocycles. The minimum atomic E-state index is -0.845. The summed E-state index contributed by atoms with van der Waals surface area (Å²) in [5.41, 5.74) is 0.479. The molecule has 8 heteroatoms. The average molecular weight is 358 g/mol. The lowest BCUT2D eigenvalue weighted by Gasteiger charge is -2.08. The second-order valence-electron chi connectivity index (χ2n) is 5.24. The number of rotatable bonds is 6. The molecule has 0 spiro atoms. The predicted octanol–water partition coefficient (Wildman–Crippen LogP) is 3.24. The number of carbonyl (C=O) groups is 2. The summed E-state index contributed by atoms with van der Waals surface area (Å²) in [5.74, 6) is -2.07. The molecule has 1 N–H and O–H groups in total. The van der Waals surface area contributed by atoms with Crippen molar-refractivity contribution in [2.75, 3.05) is 11.9 Å². The summed E-state index contributed by atoms with van der Waals surface area (Å²) in [6.07, 6.45) is 2.21. The van der Waals surface area contributed by atoms with E-state index >= 15 is 0 Å². The molecule has 2 aromatic rings. The number of halogens is 1. The Kier molecular flexibility index (Phi) is 6.15. The standard InChI is InChI=1S/C18H15FN2O5/c1-12-5-4-8-15(21(24)25)18(12)20-16(22)11-26-17(23)10-9-13-6-2-3-7-14(13)19/h2-10H,11H2,1H3,(H,20,22)/b10-9+. The number of ether oxygens (including phenoxy) is 1. The Morgan fingerprint density at radius 2 is 1.96 bits per heavy atom. The Morgan fingerprint density at radius 3 is 2.65 bits per heavy atom. The fraction of sp³-hybridized carbons (Fsp3) is 0.111. The van der Waals surface area contributed by atoms with Gasteiger partial charge in [-0.3, -0.25) is 14.9 Å². The van der Waals surface area contributed by atoms with Crippen molar-refractivity contribution in [2.45, 2.75) is 6.92 Å². The summed E-state index contributed by atoms with van der Waals surface area (Å²) in [4.78, 5) is 33.9. The molecule has 0 aromatic heterocycles. The Balaban J connectivity index is 1.94. The van der Waals surface area contributed by atoms with Gasteiger partial charge in [0.1, 0.15) is 11.5 Å². The zero-order chi connectivity index (χ0) is 19.1. The van der Waals surface area contributed by atoms with Gasteiger partial charge in [0, 0.05) is 17.7 Å². The first-order valence-electron chi connectivity index (χ1n) is 7.51. The number of hydrogen-bond donors (Lipinski definition) is 1. The maximum Gasteiger partial charge on any atom is 0.331 e. The van der Waals surface area contributed by atoms with E-state index in [1.54, 1.807) is 19.1 Å². The second-order valence-corrected chi connectivity index (χ2v) is 5.24. The molecular formula is C18H15FN2O5. The van der Waals surface area contributed by atoms with Crippen LogP contribution in [0.3, 0.4) is 0 Å². The number of benzene rings is 2. The van der Waals surface area contributed by atoms with Crippen molar-refractivity contribution in [3.05, 3.63) is 75.6 Å². The van der Waals surface area contributed by atoms with Gasteiger partial charge in [0.25, 0.3) is 11.6 Å². The monoisotopic (exact) mass is 358 g/mol. The van der Waals surface area contributed by atoms with Crippen LogP contribution in [-0.4, -0.2) is 23.4 Å². The van der Waals surface area contributed by atoms with Gasteiger partial charge in [0.15, 0.2) is 6.61 Å². The van der Waals surface area contributed by atoms with Crippen LogP contribution < -0.4 is 5.32 Å². The van der Waals surface area contributed by atoms with Gasteiger partial charge >= 0.3 is 5.97 Å². The lowest BCUT2D eigenvalue weighted by atomic mass is 10.1. The number of nitro groups is 1. The number of esters is 1. The van der Waals surface area contributed by atoms with Crippen molar-refractivity contribution in [1.82, 2.24) is 0 Å². The van der Waals surface area contributed by atoms with E-state index in [2.05, 4.69) is 5.32 Å². The third-order valence-electron chi connectivity index (χ3n) is 3.36. The highest BCUT2D eigenvalue weighted by Crippen LogP contribution is 2.27. The minimum absolute atomic E-state index is 0.0421. The van der Waals surface area contributed by atoms with Crippen molar-refractivity contribution < 1.29 is 23.6 Å². The maximum atomic E-state index is 13.4. The van der Waals surface area contributed by atoms with Gasteiger partial charge in [-0.1, -0.05) is 30.3 Å². The fourth-order valence-electron chi connectivity index (χ4n) is 2.10. The molecule has 7 nitrogen and oxygen atoms in total. The number of nitrogens with one attached hydrogen (secondary N) is 1. The van der Waals surface area contributed by atoms with Crippen LogP contribution in [0, 0.1) is 22.9 Å². The number of nitrogens with zero attached hydrogens (tertiary/aromatic N) is 1. The normalized spacial score (nSPS) is 10.5. The molecule has 1 amide bonds. The van der Waals surface area contributed by atoms with E-state index in [1.165, 1.54) is 36.4 Å². The number of hydrogen-bond acceptors (Lipinski definition) is 5. The summed E-state index contributed by atoms with van der Waals surface area (Å²) < 4.78 is 18.2. The summed E-state index contributed by atoms with van der Waals surface area (Å²) >= 11 is 0. The van der Waals surface area contributed by atoms with E-state index in [0.29, 0.717) is 5.56 Å². The van der Waals surface area contributed by atoms with Crippen LogP contribution in [0.5, 0.6) is 0 Å². The highest BCUT2D eigenvalue weighted by atomic mass is 19.1. The van der Waals surface area contributed by atoms with Crippen molar-refractivity contribution >= 4 is 29.3 Å². The van der Waals surface area contributed by atoms with E-state index < -0.39 is 29.2 Å². The Bertz CT molecular complexity index is 880. The van der Waals surface area contributed by atoms with Crippen LogP contribution in [0.15, 0.2) is 48.5 Å². The second kappa shape index (κ2) is 8.52. The van der Waals surface area contributed by atoms with Crippen LogP contribution >= 0.6 is 0 Å². The lowest BCUT2D eigenvalue weighted by Crippen LogP contribution is -2.21. The van der Waals surface area contributed by atoms with E-state index in [9.17, 15) is 24.1 Å². The molecule has 0 bridgehead atoms. The zero-order valence-corrected chi connectivity index (χ0v) is 13.8. The van der Waals surface area contributed by atoms with Gasteiger partial charge in [-0.05, 0) is 24.6 Å². The molecule has 0 heterocycles. The number of anilines is 1. The van der Waals surface area contributed by atoms with Gasteiger partial charge in [-0.2, -0.15) is 0 Å². The SMILES string of the molecule is Cc1cccc([N+](=O)[O-])c1NC(=O)COC(=O)/C=C/c1ccccc1F. The van der Waals surface area contributed by atoms with Crippen LogP contribution in [0.2, 0.25) is 0 Å². The summed E-state index contributed by atoms with van der Waals surface area (Å²) in [6, 6.07) is 10.2. The highest BCUT2D eigenvalue weighted by Gasteiger charge is 2.18. The topological polar surface area (TPSA) is 98.5 Å². The molecule has 0 radical (unpaired) electrons. The zero-order valence-electron chi connectivity index (χ0n) is 13.8. The molecule has 0 aliphatic rings.